The van der Waals surface area contributed by atoms with Crippen LogP contribution in [0.2, 0.25) is 0 Å². The van der Waals surface area contributed by atoms with Crippen LogP contribution in [0.3, 0.4) is 0 Å². The lowest BCUT2D eigenvalue weighted by atomic mass is 9.90. The van der Waals surface area contributed by atoms with Gasteiger partial charge in [-0.25, -0.2) is 0 Å². The SMILES string of the molecule is Cc1ccc(CCN2CCN(c3n[nH]c4c3CCc3ccccc3-4)CC2)o1. The van der Waals surface area contributed by atoms with Crippen LogP contribution < -0.4 is 4.90 Å². The molecule has 5 nitrogen and oxygen atoms in total. The molecule has 1 N–H and O–H groups in total. The molecule has 1 aliphatic carbocycles. The van der Waals surface area contributed by atoms with Crippen molar-refractivity contribution in [3.63, 3.8) is 0 Å². The number of aromatic nitrogens is 2. The number of H-pyrrole nitrogens is 1. The molecule has 0 radical (unpaired) electrons. The Hall–Kier alpha value is -2.53. The first-order valence-corrected chi connectivity index (χ1v) is 9.96. The van der Waals surface area contributed by atoms with Crippen molar-refractivity contribution in [2.24, 2.45) is 0 Å². The van der Waals surface area contributed by atoms with E-state index in [-0.39, 0.29) is 0 Å². The Morgan fingerprint density at radius 3 is 2.70 bits per heavy atom. The largest absolute Gasteiger partial charge is 0.466 e. The van der Waals surface area contributed by atoms with E-state index in [0.29, 0.717) is 0 Å². The van der Waals surface area contributed by atoms with Crippen molar-refractivity contribution in [2.75, 3.05) is 37.6 Å². The minimum absolute atomic E-state index is 0.989. The fraction of sp³-hybridized carbons (Fsp3) is 0.409. The van der Waals surface area contributed by atoms with Crippen LogP contribution >= 0.6 is 0 Å². The molecular weight excluding hydrogens is 336 g/mol. The van der Waals surface area contributed by atoms with Gasteiger partial charge in [-0.2, -0.15) is 5.10 Å². The van der Waals surface area contributed by atoms with Gasteiger partial charge in [0.15, 0.2) is 5.82 Å². The summed E-state index contributed by atoms with van der Waals surface area (Å²) < 4.78 is 5.69. The Bertz CT molecular complexity index is 933. The van der Waals surface area contributed by atoms with Gasteiger partial charge in [-0.15, -0.1) is 0 Å². The number of hydrogen-bond acceptors (Lipinski definition) is 4. The standard InChI is InChI=1S/C22H26N4O/c1-16-6-8-18(27-16)10-11-25-12-14-26(15-13-25)22-20-9-7-17-4-2-3-5-19(17)21(20)23-24-22/h2-6,8H,7,9-15H2,1H3,(H,23,24). The first kappa shape index (κ1) is 16.6. The first-order valence-electron chi connectivity index (χ1n) is 9.96. The van der Waals surface area contributed by atoms with Crippen LogP contribution in [-0.2, 0) is 19.3 Å². The maximum Gasteiger partial charge on any atom is 0.154 e. The topological polar surface area (TPSA) is 48.3 Å². The third-order valence-electron chi connectivity index (χ3n) is 5.92. The van der Waals surface area contributed by atoms with E-state index < -0.39 is 0 Å². The van der Waals surface area contributed by atoms with Crippen LogP contribution in [0.15, 0.2) is 40.8 Å². The number of anilines is 1. The van der Waals surface area contributed by atoms with Crippen molar-refractivity contribution in [1.29, 1.82) is 0 Å². The van der Waals surface area contributed by atoms with E-state index in [1.54, 1.807) is 0 Å². The summed E-state index contributed by atoms with van der Waals surface area (Å²) in [6.07, 6.45) is 3.18. The second-order valence-corrected chi connectivity index (χ2v) is 7.65. The Morgan fingerprint density at radius 1 is 1.04 bits per heavy atom. The Labute approximate surface area is 160 Å². The van der Waals surface area contributed by atoms with Gasteiger partial charge in [-0.1, -0.05) is 24.3 Å². The molecule has 2 aromatic heterocycles. The van der Waals surface area contributed by atoms with Crippen LogP contribution in [-0.4, -0.2) is 47.8 Å². The minimum atomic E-state index is 0.989. The second-order valence-electron chi connectivity index (χ2n) is 7.65. The molecule has 3 aromatic rings. The van der Waals surface area contributed by atoms with E-state index >= 15 is 0 Å². The average molecular weight is 362 g/mol. The number of piperazine rings is 1. The van der Waals surface area contributed by atoms with Crippen LogP contribution in [0, 0.1) is 6.92 Å². The summed E-state index contributed by atoms with van der Waals surface area (Å²) in [7, 11) is 0. The van der Waals surface area contributed by atoms with Gasteiger partial charge in [0.25, 0.3) is 0 Å². The van der Waals surface area contributed by atoms with Gasteiger partial charge in [0.2, 0.25) is 0 Å². The number of aromatic amines is 1. The molecule has 140 valence electrons. The van der Waals surface area contributed by atoms with Crippen molar-refractivity contribution in [2.45, 2.75) is 26.2 Å². The van der Waals surface area contributed by atoms with Crippen LogP contribution in [0.5, 0.6) is 0 Å². The Kier molecular flexibility index (Phi) is 4.24. The summed E-state index contributed by atoms with van der Waals surface area (Å²) in [6, 6.07) is 12.8. The van der Waals surface area contributed by atoms with Crippen molar-refractivity contribution >= 4 is 5.82 Å². The van der Waals surface area contributed by atoms with Gasteiger partial charge in [-0.05, 0) is 37.5 Å². The van der Waals surface area contributed by atoms with E-state index in [9.17, 15) is 0 Å². The zero-order valence-corrected chi connectivity index (χ0v) is 15.9. The summed E-state index contributed by atoms with van der Waals surface area (Å²) in [4.78, 5) is 4.99. The van der Waals surface area contributed by atoms with Crippen molar-refractivity contribution in [1.82, 2.24) is 15.1 Å². The lowest BCUT2D eigenvalue weighted by Crippen LogP contribution is -2.47. The molecule has 5 heteroatoms. The van der Waals surface area contributed by atoms with E-state index in [4.69, 9.17) is 9.52 Å². The highest BCUT2D eigenvalue weighted by Gasteiger charge is 2.26. The summed E-state index contributed by atoms with van der Waals surface area (Å²) in [6.45, 7) is 7.31. The van der Waals surface area contributed by atoms with Crippen LogP contribution in [0.4, 0.5) is 5.82 Å². The maximum absolute atomic E-state index is 5.69. The Morgan fingerprint density at radius 2 is 1.89 bits per heavy atom. The molecule has 0 atom stereocenters. The molecule has 0 spiro atoms. The molecule has 3 heterocycles. The van der Waals surface area contributed by atoms with Gasteiger partial charge in [-0.3, -0.25) is 10.00 Å². The number of benzene rings is 1. The number of fused-ring (bicyclic) bond motifs is 3. The molecule has 2 aliphatic rings. The minimum Gasteiger partial charge on any atom is -0.466 e. The third kappa shape index (κ3) is 3.16. The fourth-order valence-electron chi connectivity index (χ4n) is 4.39. The molecule has 1 fully saturated rings. The summed E-state index contributed by atoms with van der Waals surface area (Å²) in [5.41, 5.74) is 5.37. The molecule has 1 aromatic carbocycles. The predicted molar refractivity (Wildman–Crippen MR) is 107 cm³/mol. The lowest BCUT2D eigenvalue weighted by molar-refractivity contribution is 0.254. The van der Waals surface area contributed by atoms with Gasteiger partial charge >= 0.3 is 0 Å². The third-order valence-corrected chi connectivity index (χ3v) is 5.92. The van der Waals surface area contributed by atoms with E-state index in [2.05, 4.69) is 45.2 Å². The normalized spacial score (nSPS) is 17.0. The molecule has 0 bridgehead atoms. The molecule has 1 saturated heterocycles. The smallest absolute Gasteiger partial charge is 0.154 e. The zero-order valence-electron chi connectivity index (χ0n) is 15.9. The molecule has 1 aliphatic heterocycles. The monoisotopic (exact) mass is 362 g/mol. The number of hydrogen-bond donors (Lipinski definition) is 1. The quantitative estimate of drug-likeness (QED) is 0.772. The van der Waals surface area contributed by atoms with E-state index in [1.807, 2.05) is 13.0 Å². The van der Waals surface area contributed by atoms with Crippen molar-refractivity contribution < 1.29 is 4.42 Å². The Balaban J connectivity index is 1.24. The van der Waals surface area contributed by atoms with Crippen molar-refractivity contribution in [3.05, 3.63) is 59.0 Å². The van der Waals surface area contributed by atoms with Crippen LogP contribution in [0.1, 0.15) is 22.6 Å². The number of furan rings is 1. The van der Waals surface area contributed by atoms with Crippen molar-refractivity contribution in [3.8, 4) is 11.3 Å². The predicted octanol–water partition coefficient (Wildman–Crippen LogP) is 3.44. The van der Waals surface area contributed by atoms with Gasteiger partial charge in [0.05, 0.1) is 5.69 Å². The highest BCUT2D eigenvalue weighted by Crippen LogP contribution is 2.36. The number of nitrogens with one attached hydrogen (secondary N) is 1. The number of rotatable bonds is 4. The van der Waals surface area contributed by atoms with Gasteiger partial charge in [0.1, 0.15) is 11.5 Å². The average Bonchev–Trinajstić information content (AvgIpc) is 3.33. The second kappa shape index (κ2) is 6.89. The van der Waals surface area contributed by atoms with E-state index in [1.165, 1.54) is 28.2 Å². The zero-order chi connectivity index (χ0) is 18.2. The fourth-order valence-corrected chi connectivity index (χ4v) is 4.39. The lowest BCUT2D eigenvalue weighted by Gasteiger charge is -2.35. The number of nitrogens with zero attached hydrogens (tertiary/aromatic N) is 3. The molecular formula is C22H26N4O. The molecule has 0 amide bonds. The summed E-state index contributed by atoms with van der Waals surface area (Å²) >= 11 is 0. The first-order chi connectivity index (χ1) is 13.3. The van der Waals surface area contributed by atoms with Gasteiger partial charge < -0.3 is 9.32 Å². The molecule has 0 saturated carbocycles. The number of aryl methyl sites for hydroxylation is 2. The molecule has 0 unspecified atom stereocenters. The summed E-state index contributed by atoms with van der Waals surface area (Å²) in [5.74, 6) is 3.26. The van der Waals surface area contributed by atoms with Crippen LogP contribution in [0.25, 0.3) is 11.3 Å². The van der Waals surface area contributed by atoms with E-state index in [0.717, 1.165) is 63.5 Å². The van der Waals surface area contributed by atoms with Gasteiger partial charge in [0, 0.05) is 50.3 Å². The highest BCUT2D eigenvalue weighted by atomic mass is 16.3. The highest BCUT2D eigenvalue weighted by molar-refractivity contribution is 5.74. The maximum atomic E-state index is 5.69. The summed E-state index contributed by atoms with van der Waals surface area (Å²) in [5, 5.41) is 8.03. The molecule has 5 rings (SSSR count). The molecule has 27 heavy (non-hydrogen) atoms.